The Bertz CT molecular complexity index is 995. The molecule has 0 bridgehead atoms. The van der Waals surface area contributed by atoms with Gasteiger partial charge >= 0.3 is 6.09 Å². The van der Waals surface area contributed by atoms with Crippen LogP contribution in [-0.2, 0) is 4.74 Å². The maximum Gasteiger partial charge on any atom is 0.410 e. The molecule has 8 nitrogen and oxygen atoms in total. The van der Waals surface area contributed by atoms with E-state index in [0.717, 1.165) is 36.6 Å². The highest BCUT2D eigenvalue weighted by Crippen LogP contribution is 2.22. The minimum atomic E-state index is -0.484. The highest BCUT2D eigenvalue weighted by atomic mass is 16.6. The summed E-state index contributed by atoms with van der Waals surface area (Å²) in [5.41, 5.74) is 1.32. The zero-order valence-electron chi connectivity index (χ0n) is 17.1. The number of pyridine rings is 1. The lowest BCUT2D eigenvalue weighted by atomic mass is 10.2. The number of hydrogen-bond acceptors (Lipinski definition) is 6. The van der Waals surface area contributed by atoms with Crippen molar-refractivity contribution in [3.05, 3.63) is 43.0 Å². The van der Waals surface area contributed by atoms with Crippen LogP contribution in [-0.4, -0.2) is 62.1 Å². The van der Waals surface area contributed by atoms with Crippen molar-refractivity contribution in [1.82, 2.24) is 24.3 Å². The normalized spacial score (nSPS) is 15.4. The Morgan fingerprint density at radius 1 is 1.10 bits per heavy atom. The largest absolute Gasteiger partial charge is 0.444 e. The third kappa shape index (κ3) is 4.31. The molecule has 8 heteroatoms. The average molecular weight is 394 g/mol. The number of amides is 1. The van der Waals surface area contributed by atoms with Gasteiger partial charge in [0.15, 0.2) is 0 Å². The quantitative estimate of drug-likeness (QED) is 0.664. The molecule has 3 aromatic heterocycles. The molecule has 0 saturated carbocycles. The first-order chi connectivity index (χ1) is 13.9. The smallest absolute Gasteiger partial charge is 0.410 e. The Balaban J connectivity index is 1.51. The van der Waals surface area contributed by atoms with Crippen LogP contribution >= 0.6 is 0 Å². The molecule has 3 aromatic rings. The van der Waals surface area contributed by atoms with E-state index in [9.17, 15) is 4.79 Å². The van der Waals surface area contributed by atoms with Gasteiger partial charge < -0.3 is 14.5 Å². The summed E-state index contributed by atoms with van der Waals surface area (Å²) < 4.78 is 7.51. The molecule has 4 rings (SSSR count). The van der Waals surface area contributed by atoms with E-state index >= 15 is 0 Å². The second-order valence-corrected chi connectivity index (χ2v) is 8.15. The van der Waals surface area contributed by atoms with Gasteiger partial charge in [-0.3, -0.25) is 9.38 Å². The second kappa shape index (κ2) is 7.69. The number of anilines is 1. The highest BCUT2D eigenvalue weighted by Gasteiger charge is 2.25. The third-order valence-corrected chi connectivity index (χ3v) is 4.79. The van der Waals surface area contributed by atoms with Crippen LogP contribution in [0.4, 0.5) is 10.6 Å². The van der Waals surface area contributed by atoms with Gasteiger partial charge in [0.2, 0.25) is 5.78 Å². The third-order valence-electron chi connectivity index (χ3n) is 4.79. The average Bonchev–Trinajstić information content (AvgIpc) is 2.95. The molecule has 1 amide bonds. The summed E-state index contributed by atoms with van der Waals surface area (Å²) in [6.07, 6.45) is 7.99. The first-order valence-corrected chi connectivity index (χ1v) is 9.88. The maximum atomic E-state index is 12.4. The lowest BCUT2D eigenvalue weighted by molar-refractivity contribution is 0.0263. The number of rotatable bonds is 2. The Hall–Kier alpha value is -3.16. The molecule has 0 spiro atoms. The number of carbonyl (C=O) groups excluding carboxylic acids is 1. The summed E-state index contributed by atoms with van der Waals surface area (Å²) in [5.74, 6) is 1.63. The van der Waals surface area contributed by atoms with Crippen molar-refractivity contribution in [1.29, 1.82) is 0 Å². The molecule has 1 aliphatic rings. The number of imidazole rings is 1. The van der Waals surface area contributed by atoms with E-state index in [1.54, 1.807) is 17.3 Å². The number of aromatic nitrogens is 4. The SMILES string of the molecule is CC(C)(C)OC(=O)N1CCCN(c2cnc3nc(-c4cccnc4)ccn23)CC1. The van der Waals surface area contributed by atoms with Gasteiger partial charge in [0.25, 0.3) is 0 Å². The minimum Gasteiger partial charge on any atom is -0.444 e. The van der Waals surface area contributed by atoms with Crippen molar-refractivity contribution in [3.8, 4) is 11.3 Å². The van der Waals surface area contributed by atoms with Gasteiger partial charge in [-0.1, -0.05) is 0 Å². The molecule has 1 aliphatic heterocycles. The van der Waals surface area contributed by atoms with E-state index < -0.39 is 5.60 Å². The number of ether oxygens (including phenoxy) is 1. The monoisotopic (exact) mass is 394 g/mol. The molecule has 1 fully saturated rings. The molecular weight excluding hydrogens is 368 g/mol. The number of fused-ring (bicyclic) bond motifs is 1. The fourth-order valence-electron chi connectivity index (χ4n) is 3.42. The van der Waals surface area contributed by atoms with Crippen molar-refractivity contribution < 1.29 is 9.53 Å². The number of hydrogen-bond donors (Lipinski definition) is 0. The van der Waals surface area contributed by atoms with Gasteiger partial charge in [-0.05, 0) is 45.4 Å². The molecule has 0 N–H and O–H groups in total. The Morgan fingerprint density at radius 2 is 1.97 bits per heavy atom. The van der Waals surface area contributed by atoms with Crippen molar-refractivity contribution in [2.75, 3.05) is 31.1 Å². The van der Waals surface area contributed by atoms with E-state index in [4.69, 9.17) is 4.74 Å². The summed E-state index contributed by atoms with van der Waals surface area (Å²) in [4.78, 5) is 29.7. The molecule has 0 unspecified atom stereocenters. The van der Waals surface area contributed by atoms with Crippen LogP contribution in [0.5, 0.6) is 0 Å². The van der Waals surface area contributed by atoms with E-state index in [1.165, 1.54) is 0 Å². The van der Waals surface area contributed by atoms with Crippen LogP contribution in [0, 0.1) is 0 Å². The predicted molar refractivity (Wildman–Crippen MR) is 111 cm³/mol. The fourth-order valence-corrected chi connectivity index (χ4v) is 3.42. The highest BCUT2D eigenvalue weighted by molar-refractivity contribution is 5.68. The molecule has 1 saturated heterocycles. The van der Waals surface area contributed by atoms with Crippen LogP contribution in [0.3, 0.4) is 0 Å². The van der Waals surface area contributed by atoms with Gasteiger partial charge in [0.1, 0.15) is 11.4 Å². The molecule has 152 valence electrons. The van der Waals surface area contributed by atoms with Crippen LogP contribution in [0.25, 0.3) is 17.0 Å². The van der Waals surface area contributed by atoms with Gasteiger partial charge in [-0.25, -0.2) is 14.8 Å². The van der Waals surface area contributed by atoms with Gasteiger partial charge in [-0.15, -0.1) is 0 Å². The standard InChI is InChI=1S/C21H26N6O2/c1-21(2,3)29-20(28)26-10-5-9-25(12-13-26)18-15-23-19-24-17(7-11-27(18)19)16-6-4-8-22-14-16/h4,6-8,11,14-15H,5,9-10,12-13H2,1-3H3. The lowest BCUT2D eigenvalue weighted by Crippen LogP contribution is -2.39. The van der Waals surface area contributed by atoms with Crippen molar-refractivity contribution in [2.24, 2.45) is 0 Å². The van der Waals surface area contributed by atoms with E-state index in [1.807, 2.05) is 55.8 Å². The van der Waals surface area contributed by atoms with Crippen molar-refractivity contribution in [3.63, 3.8) is 0 Å². The second-order valence-electron chi connectivity index (χ2n) is 8.15. The van der Waals surface area contributed by atoms with Gasteiger partial charge in [0.05, 0.1) is 11.9 Å². The zero-order valence-corrected chi connectivity index (χ0v) is 17.1. The maximum absolute atomic E-state index is 12.4. The first-order valence-electron chi connectivity index (χ1n) is 9.88. The summed E-state index contributed by atoms with van der Waals surface area (Å²) in [6.45, 7) is 8.53. The molecular formula is C21H26N6O2. The van der Waals surface area contributed by atoms with E-state index in [2.05, 4.69) is 19.9 Å². The summed E-state index contributed by atoms with van der Waals surface area (Å²) >= 11 is 0. The fraction of sp³-hybridized carbons (Fsp3) is 0.429. The van der Waals surface area contributed by atoms with Crippen LogP contribution < -0.4 is 4.90 Å². The minimum absolute atomic E-state index is 0.250. The summed E-state index contributed by atoms with van der Waals surface area (Å²) in [5, 5.41) is 0. The van der Waals surface area contributed by atoms with Crippen molar-refractivity contribution >= 4 is 17.7 Å². The summed E-state index contributed by atoms with van der Waals surface area (Å²) in [7, 11) is 0. The zero-order chi connectivity index (χ0) is 20.4. The molecule has 0 radical (unpaired) electrons. The lowest BCUT2D eigenvalue weighted by Gasteiger charge is -2.26. The number of carbonyl (C=O) groups is 1. The molecule has 0 aliphatic carbocycles. The summed E-state index contributed by atoms with van der Waals surface area (Å²) in [6, 6.07) is 5.85. The van der Waals surface area contributed by atoms with Crippen molar-refractivity contribution in [2.45, 2.75) is 32.8 Å². The molecule has 0 aromatic carbocycles. The van der Waals surface area contributed by atoms with E-state index in [-0.39, 0.29) is 6.09 Å². The first kappa shape index (κ1) is 19.2. The van der Waals surface area contributed by atoms with Gasteiger partial charge in [0, 0.05) is 50.3 Å². The van der Waals surface area contributed by atoms with Gasteiger partial charge in [-0.2, -0.15) is 0 Å². The van der Waals surface area contributed by atoms with Crippen LogP contribution in [0.1, 0.15) is 27.2 Å². The predicted octanol–water partition coefficient (Wildman–Crippen LogP) is 3.24. The molecule has 29 heavy (non-hydrogen) atoms. The molecule has 0 atom stereocenters. The Labute approximate surface area is 170 Å². The number of nitrogens with zero attached hydrogens (tertiary/aromatic N) is 6. The van der Waals surface area contributed by atoms with E-state index in [0.29, 0.717) is 18.9 Å². The Kier molecular flexibility index (Phi) is 5.08. The topological polar surface area (TPSA) is 75.9 Å². The molecule has 4 heterocycles. The van der Waals surface area contributed by atoms with Crippen LogP contribution in [0.15, 0.2) is 43.0 Å². The van der Waals surface area contributed by atoms with Crippen LogP contribution in [0.2, 0.25) is 0 Å². The Morgan fingerprint density at radius 3 is 2.72 bits per heavy atom.